The zero-order valence-corrected chi connectivity index (χ0v) is 13.2. The highest BCUT2D eigenvalue weighted by atomic mass is 32.2. The van der Waals surface area contributed by atoms with E-state index in [1.807, 2.05) is 0 Å². The number of nitrogens with one attached hydrogen (secondary N) is 1. The molecular formula is C14H13N3O5S. The van der Waals surface area contributed by atoms with Gasteiger partial charge in [0.2, 0.25) is 11.9 Å². The van der Waals surface area contributed by atoms with Crippen LogP contribution < -0.4 is 14.8 Å². The van der Waals surface area contributed by atoms with Crippen molar-refractivity contribution < 1.29 is 23.2 Å². The molecule has 0 saturated carbocycles. The van der Waals surface area contributed by atoms with E-state index in [0.29, 0.717) is 17.2 Å². The summed E-state index contributed by atoms with van der Waals surface area (Å²) in [6.07, 6.45) is 2.74. The number of hydrogen-bond acceptors (Lipinski definition) is 8. The van der Waals surface area contributed by atoms with Crippen LogP contribution >= 0.6 is 0 Å². The smallest absolute Gasteiger partial charge is 0.343 e. The predicted octanol–water partition coefficient (Wildman–Crippen LogP) is 1.47. The predicted molar refractivity (Wildman–Crippen MR) is 81.6 cm³/mol. The number of fused-ring (bicyclic) bond motifs is 1. The minimum absolute atomic E-state index is 0.112. The lowest BCUT2D eigenvalue weighted by molar-refractivity contribution is 0.0600. The zero-order chi connectivity index (χ0) is 16.4. The van der Waals surface area contributed by atoms with Gasteiger partial charge in [0.05, 0.1) is 17.9 Å². The molecule has 3 rings (SSSR count). The summed E-state index contributed by atoms with van der Waals surface area (Å²) in [4.78, 5) is 19.9. The van der Waals surface area contributed by atoms with Crippen molar-refractivity contribution in [2.75, 3.05) is 25.5 Å². The first-order valence-electron chi connectivity index (χ1n) is 6.54. The molecule has 9 heteroatoms. The van der Waals surface area contributed by atoms with Crippen molar-refractivity contribution in [1.29, 1.82) is 0 Å². The monoisotopic (exact) mass is 335 g/mol. The number of nitrogens with zero attached hydrogens (tertiary/aromatic N) is 2. The molecule has 1 unspecified atom stereocenters. The third-order valence-corrected chi connectivity index (χ3v) is 3.78. The maximum atomic E-state index is 11.8. The Morgan fingerprint density at radius 1 is 1.35 bits per heavy atom. The van der Waals surface area contributed by atoms with Gasteiger partial charge in [0.1, 0.15) is 11.4 Å². The van der Waals surface area contributed by atoms with Gasteiger partial charge in [-0.05, 0) is 12.1 Å². The highest BCUT2D eigenvalue weighted by Crippen LogP contribution is 2.35. The van der Waals surface area contributed by atoms with Crippen molar-refractivity contribution in [3.05, 3.63) is 30.0 Å². The summed E-state index contributed by atoms with van der Waals surface area (Å²) >= 11 is 0. The summed E-state index contributed by atoms with van der Waals surface area (Å²) in [6.45, 7) is 0.165. The quantitative estimate of drug-likeness (QED) is 0.662. The molecule has 1 atom stereocenters. The minimum Gasteiger partial charge on any atom is -0.465 e. The molecular weight excluding hydrogens is 322 g/mol. The van der Waals surface area contributed by atoms with Crippen LogP contribution in [0.1, 0.15) is 10.4 Å². The van der Waals surface area contributed by atoms with E-state index >= 15 is 0 Å². The maximum absolute atomic E-state index is 11.8. The van der Waals surface area contributed by atoms with Crippen molar-refractivity contribution in [2.24, 2.45) is 0 Å². The Labute approximate surface area is 134 Å². The second-order valence-electron chi connectivity index (χ2n) is 4.55. The molecule has 2 heterocycles. The molecule has 120 valence electrons. The van der Waals surface area contributed by atoms with Crippen LogP contribution in [0.4, 0.5) is 11.5 Å². The first-order chi connectivity index (χ1) is 11.1. The van der Waals surface area contributed by atoms with Gasteiger partial charge >= 0.3 is 5.97 Å². The standard InChI is InChI=1S/C14H13N3O5S/c1-20-13(18)9-6-15-14(23(2)19)17-12(9)16-8-3-4-10-11(5-8)22-7-21-10/h3-6H,7H2,1-2H3,(H,15,16,17). The molecule has 1 aromatic carbocycles. The number of aromatic nitrogens is 2. The summed E-state index contributed by atoms with van der Waals surface area (Å²) in [5, 5.41) is 3.10. The first kappa shape index (κ1) is 15.2. The zero-order valence-electron chi connectivity index (χ0n) is 12.4. The van der Waals surface area contributed by atoms with Crippen molar-refractivity contribution in [1.82, 2.24) is 9.97 Å². The second-order valence-corrected chi connectivity index (χ2v) is 5.83. The van der Waals surface area contributed by atoms with Gasteiger partial charge in [-0.3, -0.25) is 4.21 Å². The van der Waals surface area contributed by atoms with E-state index in [1.54, 1.807) is 18.2 Å². The Kier molecular flexibility index (Phi) is 4.11. The fourth-order valence-corrected chi connectivity index (χ4v) is 2.39. The van der Waals surface area contributed by atoms with Gasteiger partial charge in [0.25, 0.3) is 0 Å². The summed E-state index contributed by atoms with van der Waals surface area (Å²) in [7, 11) is -0.117. The maximum Gasteiger partial charge on any atom is 0.343 e. The number of rotatable bonds is 4. The van der Waals surface area contributed by atoms with Crippen molar-refractivity contribution in [3.63, 3.8) is 0 Å². The normalized spacial score (nSPS) is 13.5. The highest BCUT2D eigenvalue weighted by molar-refractivity contribution is 7.84. The Bertz CT molecular complexity index is 796. The molecule has 0 radical (unpaired) electrons. The molecule has 0 aliphatic carbocycles. The van der Waals surface area contributed by atoms with Gasteiger partial charge in [-0.2, -0.15) is 0 Å². The molecule has 0 amide bonds. The van der Waals surface area contributed by atoms with Crippen LogP contribution in [0.5, 0.6) is 11.5 Å². The lowest BCUT2D eigenvalue weighted by Gasteiger charge is -2.11. The van der Waals surface area contributed by atoms with Crippen LogP contribution in [0.3, 0.4) is 0 Å². The molecule has 1 aromatic heterocycles. The van der Waals surface area contributed by atoms with E-state index in [9.17, 15) is 9.00 Å². The number of methoxy groups -OCH3 is 1. The third kappa shape index (κ3) is 3.09. The number of ether oxygens (including phenoxy) is 3. The van der Waals surface area contributed by atoms with Gasteiger partial charge in [0, 0.05) is 24.2 Å². The lowest BCUT2D eigenvalue weighted by atomic mass is 10.2. The lowest BCUT2D eigenvalue weighted by Crippen LogP contribution is -2.10. The van der Waals surface area contributed by atoms with E-state index in [1.165, 1.54) is 19.6 Å². The number of carbonyl (C=O) groups excluding carboxylic acids is 1. The first-order valence-corrected chi connectivity index (χ1v) is 8.09. The Morgan fingerprint density at radius 3 is 2.87 bits per heavy atom. The van der Waals surface area contributed by atoms with Gasteiger partial charge in [-0.15, -0.1) is 0 Å². The van der Waals surface area contributed by atoms with Crippen LogP contribution in [-0.4, -0.2) is 40.3 Å². The molecule has 2 aromatic rings. The number of carbonyl (C=O) groups is 1. The van der Waals surface area contributed by atoms with Crippen LogP contribution in [0, 0.1) is 0 Å². The largest absolute Gasteiger partial charge is 0.465 e. The van der Waals surface area contributed by atoms with Crippen molar-refractivity contribution in [3.8, 4) is 11.5 Å². The molecule has 0 saturated heterocycles. The fraction of sp³-hybridized carbons (Fsp3) is 0.214. The number of esters is 1. The average Bonchev–Trinajstić information content (AvgIpc) is 3.01. The van der Waals surface area contributed by atoms with Crippen LogP contribution in [0.15, 0.2) is 29.6 Å². The number of hydrogen-bond donors (Lipinski definition) is 1. The average molecular weight is 335 g/mol. The van der Waals surface area contributed by atoms with Crippen LogP contribution in [-0.2, 0) is 15.5 Å². The Hall–Kier alpha value is -2.68. The summed E-state index contributed by atoms with van der Waals surface area (Å²) in [5.41, 5.74) is 0.769. The van der Waals surface area contributed by atoms with E-state index in [2.05, 4.69) is 15.3 Å². The van der Waals surface area contributed by atoms with Crippen molar-refractivity contribution in [2.45, 2.75) is 5.16 Å². The van der Waals surface area contributed by atoms with E-state index in [0.717, 1.165) is 0 Å². The highest BCUT2D eigenvalue weighted by Gasteiger charge is 2.18. The molecule has 1 aliphatic rings. The van der Waals surface area contributed by atoms with Gasteiger partial charge in [-0.1, -0.05) is 0 Å². The number of anilines is 2. The summed E-state index contributed by atoms with van der Waals surface area (Å²) in [6, 6.07) is 5.20. The van der Waals surface area contributed by atoms with E-state index in [-0.39, 0.29) is 23.3 Å². The van der Waals surface area contributed by atoms with Crippen LogP contribution in [0.25, 0.3) is 0 Å². The minimum atomic E-state index is -1.38. The van der Waals surface area contributed by atoms with Gasteiger partial charge in [-0.25, -0.2) is 14.8 Å². The molecule has 0 fully saturated rings. The van der Waals surface area contributed by atoms with Gasteiger partial charge in [0.15, 0.2) is 11.5 Å². The fourth-order valence-electron chi connectivity index (χ4n) is 1.97. The molecule has 1 N–H and O–H groups in total. The Balaban J connectivity index is 1.98. The summed E-state index contributed by atoms with van der Waals surface area (Å²) < 4.78 is 26.8. The third-order valence-electron chi connectivity index (χ3n) is 3.06. The van der Waals surface area contributed by atoms with E-state index < -0.39 is 16.8 Å². The van der Waals surface area contributed by atoms with E-state index in [4.69, 9.17) is 14.2 Å². The molecule has 1 aliphatic heterocycles. The SMILES string of the molecule is COC(=O)c1cnc(S(C)=O)nc1Nc1ccc2c(c1)OCO2. The molecule has 23 heavy (non-hydrogen) atoms. The van der Waals surface area contributed by atoms with Crippen molar-refractivity contribution >= 4 is 28.3 Å². The van der Waals surface area contributed by atoms with Gasteiger partial charge < -0.3 is 19.5 Å². The second kappa shape index (κ2) is 6.21. The topological polar surface area (TPSA) is 99.6 Å². The Morgan fingerprint density at radius 2 is 2.13 bits per heavy atom. The molecule has 0 bridgehead atoms. The molecule has 8 nitrogen and oxygen atoms in total. The molecule has 0 spiro atoms. The number of benzene rings is 1. The van der Waals surface area contributed by atoms with Crippen LogP contribution in [0.2, 0.25) is 0 Å². The summed E-state index contributed by atoms with van der Waals surface area (Å²) in [5.74, 6) is 0.835.